The van der Waals surface area contributed by atoms with E-state index in [-0.39, 0.29) is 11.7 Å². The van der Waals surface area contributed by atoms with Gasteiger partial charge in [-0.15, -0.1) is 0 Å². The third kappa shape index (κ3) is 6.70. The number of nitrogens with one attached hydrogen (secondary N) is 2. The number of anilines is 1. The molecule has 0 aliphatic heterocycles. The molecule has 0 spiro atoms. The molecule has 38 heavy (non-hydrogen) atoms. The third-order valence-corrected chi connectivity index (χ3v) is 6.15. The van der Waals surface area contributed by atoms with Crippen LogP contribution in [0.2, 0.25) is 0 Å². The predicted molar refractivity (Wildman–Crippen MR) is 151 cm³/mol. The Morgan fingerprint density at radius 3 is 2.13 bits per heavy atom. The smallest absolute Gasteiger partial charge is 0.249 e. The number of ether oxygens (including phenoxy) is 2. The number of amides is 1. The lowest BCUT2D eigenvalue weighted by Crippen LogP contribution is -2.35. The van der Waals surface area contributed by atoms with Crippen LogP contribution >= 0.6 is 0 Å². The zero-order valence-corrected chi connectivity index (χ0v) is 21.6. The van der Waals surface area contributed by atoms with Crippen LogP contribution in [-0.4, -0.2) is 30.8 Å². The number of nitrogen functional groups attached to an aromatic ring is 1. The lowest BCUT2D eigenvalue weighted by atomic mass is 10.0. The monoisotopic (exact) mass is 508 g/mol. The number of hydrogen-bond donors (Lipinski definition) is 3. The van der Waals surface area contributed by atoms with Crippen molar-refractivity contribution in [2.45, 2.75) is 19.2 Å². The molecule has 4 aromatic rings. The molecule has 7 nitrogen and oxygen atoms in total. The second-order valence-electron chi connectivity index (χ2n) is 8.93. The second-order valence-corrected chi connectivity index (χ2v) is 8.93. The number of hydrogen-bond acceptors (Lipinski definition) is 5. The summed E-state index contributed by atoms with van der Waals surface area (Å²) in [5.74, 6) is 1.01. The number of rotatable bonds is 11. The van der Waals surface area contributed by atoms with Crippen LogP contribution in [0, 0.1) is 5.41 Å². The molecule has 0 saturated heterocycles. The van der Waals surface area contributed by atoms with Crippen molar-refractivity contribution in [2.24, 2.45) is 5.73 Å². The highest BCUT2D eigenvalue weighted by Gasteiger charge is 2.25. The fourth-order valence-corrected chi connectivity index (χ4v) is 4.07. The number of likely N-dealkylation sites (N-methyl/N-ethyl adjacent to an activating group) is 1. The summed E-state index contributed by atoms with van der Waals surface area (Å²) in [7, 11) is 3.37. The van der Waals surface area contributed by atoms with Gasteiger partial charge in [-0.25, -0.2) is 0 Å². The Hall–Kier alpha value is -4.78. The molecule has 7 heteroatoms. The first-order chi connectivity index (χ1) is 18.4. The fraction of sp³-hybridized carbons (Fsp3) is 0.161. The van der Waals surface area contributed by atoms with Gasteiger partial charge in [-0.05, 0) is 53.1 Å². The SMILES string of the molecule is COc1cc([C@H](Nc2ccc(C(=N)N)cc2)C(=O)N(C)Cc2ccccc2)ccc1OCc1ccccc1. The normalized spacial score (nSPS) is 11.3. The number of nitrogens with zero attached hydrogens (tertiary/aromatic N) is 1. The molecule has 0 fully saturated rings. The zero-order valence-electron chi connectivity index (χ0n) is 21.6. The van der Waals surface area contributed by atoms with Gasteiger partial charge < -0.3 is 25.4 Å². The van der Waals surface area contributed by atoms with Crippen LogP contribution in [0.4, 0.5) is 5.69 Å². The highest BCUT2D eigenvalue weighted by molar-refractivity contribution is 5.95. The van der Waals surface area contributed by atoms with Crippen molar-refractivity contribution in [1.82, 2.24) is 4.90 Å². The molecule has 0 unspecified atom stereocenters. The number of carbonyl (C=O) groups is 1. The summed E-state index contributed by atoms with van der Waals surface area (Å²) in [6.45, 7) is 0.871. The van der Waals surface area contributed by atoms with Gasteiger partial charge in [0.25, 0.3) is 0 Å². The van der Waals surface area contributed by atoms with Crippen LogP contribution in [0.3, 0.4) is 0 Å². The van der Waals surface area contributed by atoms with Crippen LogP contribution in [0.1, 0.15) is 28.3 Å². The van der Waals surface area contributed by atoms with Crippen LogP contribution < -0.4 is 20.5 Å². The standard InChI is InChI=1S/C31H32N4O3/c1-35(20-22-9-5-3-6-10-22)31(36)29(34-26-16-13-24(14-17-26)30(32)33)25-15-18-27(28(19-25)37-2)38-21-23-11-7-4-8-12-23/h3-19,29,34H,20-21H2,1-2H3,(H3,32,33)/t29-/m0/s1. The van der Waals surface area contributed by atoms with E-state index in [0.29, 0.717) is 30.2 Å². The molecule has 0 radical (unpaired) electrons. The molecule has 1 atom stereocenters. The van der Waals surface area contributed by atoms with Gasteiger partial charge in [-0.2, -0.15) is 0 Å². The Bertz CT molecular complexity index is 1360. The number of benzene rings is 4. The van der Waals surface area contributed by atoms with E-state index in [1.165, 1.54) is 0 Å². The van der Waals surface area contributed by atoms with Crippen molar-refractivity contribution in [3.8, 4) is 11.5 Å². The molecule has 0 heterocycles. The van der Waals surface area contributed by atoms with Gasteiger partial charge >= 0.3 is 0 Å². The second kappa shape index (κ2) is 12.5. The first-order valence-corrected chi connectivity index (χ1v) is 12.3. The van der Waals surface area contributed by atoms with E-state index < -0.39 is 6.04 Å². The quantitative estimate of drug-likeness (QED) is 0.187. The number of amidine groups is 1. The Morgan fingerprint density at radius 2 is 1.53 bits per heavy atom. The topological polar surface area (TPSA) is 101 Å². The molecule has 4 rings (SSSR count). The van der Waals surface area contributed by atoms with Crippen molar-refractivity contribution >= 4 is 17.4 Å². The molecular weight excluding hydrogens is 476 g/mol. The molecule has 194 valence electrons. The Labute approximate surface area is 223 Å². The van der Waals surface area contributed by atoms with E-state index in [1.807, 2.05) is 91.0 Å². The van der Waals surface area contributed by atoms with Gasteiger partial charge in [0.05, 0.1) is 7.11 Å². The maximum absolute atomic E-state index is 13.8. The van der Waals surface area contributed by atoms with Crippen molar-refractivity contribution in [2.75, 3.05) is 19.5 Å². The minimum Gasteiger partial charge on any atom is -0.493 e. The summed E-state index contributed by atoms with van der Waals surface area (Å²) >= 11 is 0. The van der Waals surface area contributed by atoms with E-state index in [9.17, 15) is 4.79 Å². The lowest BCUT2D eigenvalue weighted by molar-refractivity contribution is -0.131. The Kier molecular flexibility index (Phi) is 8.61. The van der Waals surface area contributed by atoms with Crippen molar-refractivity contribution in [1.29, 1.82) is 5.41 Å². The average molecular weight is 509 g/mol. The lowest BCUT2D eigenvalue weighted by Gasteiger charge is -2.26. The van der Waals surface area contributed by atoms with Gasteiger partial charge in [0, 0.05) is 24.8 Å². The summed E-state index contributed by atoms with van der Waals surface area (Å²) < 4.78 is 11.7. The molecule has 4 aromatic carbocycles. The maximum atomic E-state index is 13.8. The van der Waals surface area contributed by atoms with Crippen LogP contribution in [0.25, 0.3) is 0 Å². The molecule has 0 bridgehead atoms. The fourth-order valence-electron chi connectivity index (χ4n) is 4.07. The van der Waals surface area contributed by atoms with E-state index in [0.717, 1.165) is 22.4 Å². The van der Waals surface area contributed by atoms with Crippen molar-refractivity contribution in [3.05, 3.63) is 125 Å². The third-order valence-electron chi connectivity index (χ3n) is 6.15. The Morgan fingerprint density at radius 1 is 0.895 bits per heavy atom. The van der Waals surface area contributed by atoms with E-state index in [1.54, 1.807) is 31.2 Å². The van der Waals surface area contributed by atoms with Crippen LogP contribution in [0.5, 0.6) is 11.5 Å². The first-order valence-electron chi connectivity index (χ1n) is 12.3. The first kappa shape index (κ1) is 26.3. The van der Waals surface area contributed by atoms with E-state index in [4.69, 9.17) is 20.6 Å². The van der Waals surface area contributed by atoms with E-state index in [2.05, 4.69) is 5.32 Å². The van der Waals surface area contributed by atoms with Gasteiger partial charge in [0.1, 0.15) is 18.5 Å². The summed E-state index contributed by atoms with van der Waals surface area (Å²) in [5, 5.41) is 11.0. The van der Waals surface area contributed by atoms with Crippen LogP contribution in [0.15, 0.2) is 103 Å². The highest BCUT2D eigenvalue weighted by atomic mass is 16.5. The van der Waals surface area contributed by atoms with Gasteiger partial charge in [0.15, 0.2) is 11.5 Å². The number of methoxy groups -OCH3 is 1. The molecule has 1 amide bonds. The molecule has 0 saturated carbocycles. The Balaban J connectivity index is 1.61. The van der Waals surface area contributed by atoms with Gasteiger partial charge in [-0.1, -0.05) is 66.7 Å². The van der Waals surface area contributed by atoms with Crippen molar-refractivity contribution < 1.29 is 14.3 Å². The number of nitrogens with two attached hydrogens (primary N) is 1. The van der Waals surface area contributed by atoms with Crippen LogP contribution in [-0.2, 0) is 17.9 Å². The minimum absolute atomic E-state index is 0.0115. The largest absolute Gasteiger partial charge is 0.493 e. The predicted octanol–water partition coefficient (Wildman–Crippen LogP) is 5.37. The van der Waals surface area contributed by atoms with Gasteiger partial charge in [0.2, 0.25) is 5.91 Å². The van der Waals surface area contributed by atoms with E-state index >= 15 is 0 Å². The summed E-state index contributed by atoms with van der Waals surface area (Å²) in [4.78, 5) is 15.5. The zero-order chi connectivity index (χ0) is 26.9. The summed E-state index contributed by atoms with van der Waals surface area (Å²) in [5.41, 5.74) is 9.75. The summed E-state index contributed by atoms with van der Waals surface area (Å²) in [6, 6.07) is 31.7. The minimum atomic E-state index is -0.691. The summed E-state index contributed by atoms with van der Waals surface area (Å²) in [6.07, 6.45) is 0. The average Bonchev–Trinajstić information content (AvgIpc) is 2.95. The molecule has 0 aliphatic rings. The highest BCUT2D eigenvalue weighted by Crippen LogP contribution is 2.33. The van der Waals surface area contributed by atoms with Crippen molar-refractivity contribution in [3.63, 3.8) is 0 Å². The number of carbonyl (C=O) groups excluding carboxylic acids is 1. The molecule has 4 N–H and O–H groups in total. The maximum Gasteiger partial charge on any atom is 0.249 e. The molecular formula is C31H32N4O3. The molecule has 0 aliphatic carbocycles. The molecule has 0 aromatic heterocycles. The van der Waals surface area contributed by atoms with Gasteiger partial charge in [-0.3, -0.25) is 10.2 Å².